The van der Waals surface area contributed by atoms with Crippen molar-refractivity contribution in [1.29, 1.82) is 0 Å². The number of hydrogen-bond donors (Lipinski definition) is 0. The second kappa shape index (κ2) is 7.15. The van der Waals surface area contributed by atoms with E-state index in [1.165, 1.54) is 11.4 Å². The number of imidazole rings is 1. The molecule has 0 unspecified atom stereocenters. The molecule has 0 saturated heterocycles. The zero-order valence-electron chi connectivity index (χ0n) is 14.3. The van der Waals surface area contributed by atoms with E-state index in [2.05, 4.69) is 51.8 Å². The topological polar surface area (TPSA) is 33.5 Å². The lowest BCUT2D eigenvalue weighted by atomic mass is 10.1. The molecule has 0 spiro atoms. The first-order chi connectivity index (χ1) is 11.1. The molecule has 0 fully saturated rings. The van der Waals surface area contributed by atoms with Gasteiger partial charge in [-0.1, -0.05) is 12.1 Å². The molecule has 1 aliphatic rings. The van der Waals surface area contributed by atoms with Gasteiger partial charge in [-0.05, 0) is 31.8 Å². The Morgan fingerprint density at radius 3 is 2.70 bits per heavy atom. The fourth-order valence-electron chi connectivity index (χ4n) is 3.36. The van der Waals surface area contributed by atoms with Crippen LogP contribution in [0.5, 0.6) is 5.75 Å². The van der Waals surface area contributed by atoms with Crippen molar-refractivity contribution in [1.82, 2.24) is 19.4 Å². The Balaban J connectivity index is 1.74. The highest BCUT2D eigenvalue weighted by atomic mass is 16.5. The first-order valence-electron chi connectivity index (χ1n) is 8.14. The van der Waals surface area contributed by atoms with Crippen LogP contribution in [0.2, 0.25) is 0 Å². The molecule has 23 heavy (non-hydrogen) atoms. The van der Waals surface area contributed by atoms with E-state index in [0.717, 1.165) is 38.5 Å². The molecule has 1 aliphatic heterocycles. The lowest BCUT2D eigenvalue weighted by Gasteiger charge is -2.25. The first-order valence-corrected chi connectivity index (χ1v) is 8.14. The van der Waals surface area contributed by atoms with Gasteiger partial charge in [0, 0.05) is 44.5 Å². The van der Waals surface area contributed by atoms with E-state index in [-0.39, 0.29) is 0 Å². The summed E-state index contributed by atoms with van der Waals surface area (Å²) < 4.78 is 7.55. The molecule has 1 aromatic heterocycles. The number of methoxy groups -OCH3 is 1. The number of nitrogens with zero attached hydrogens (tertiary/aromatic N) is 4. The summed E-state index contributed by atoms with van der Waals surface area (Å²) >= 11 is 0. The predicted octanol–water partition coefficient (Wildman–Crippen LogP) is 2.09. The fraction of sp³-hybridized carbons (Fsp3) is 0.500. The van der Waals surface area contributed by atoms with Crippen LogP contribution in [0.25, 0.3) is 0 Å². The Bertz CT molecular complexity index is 620. The van der Waals surface area contributed by atoms with Crippen molar-refractivity contribution in [3.05, 3.63) is 48.0 Å². The van der Waals surface area contributed by atoms with Crippen LogP contribution in [0, 0.1) is 5.92 Å². The van der Waals surface area contributed by atoms with Gasteiger partial charge in [0.25, 0.3) is 0 Å². The average Bonchev–Trinajstić information content (AvgIpc) is 2.87. The van der Waals surface area contributed by atoms with Crippen LogP contribution in [0.3, 0.4) is 0 Å². The fourth-order valence-corrected chi connectivity index (χ4v) is 3.36. The standard InChI is InChI=1S/C18H26N4O/c1-20(2)10-16-12-21(14-18-19-8-9-22(18)13-16)11-15-4-6-17(23-3)7-5-15/h4-9,16H,10-14H2,1-3H3/t16-/m1/s1. The van der Waals surface area contributed by atoms with Crippen molar-refractivity contribution >= 4 is 0 Å². The van der Waals surface area contributed by atoms with Gasteiger partial charge in [0.05, 0.1) is 13.7 Å². The third-order valence-corrected chi connectivity index (χ3v) is 4.33. The third kappa shape index (κ3) is 4.12. The molecule has 1 atom stereocenters. The largest absolute Gasteiger partial charge is 0.497 e. The lowest BCUT2D eigenvalue weighted by Crippen LogP contribution is -2.33. The Labute approximate surface area is 138 Å². The SMILES string of the molecule is COc1ccc(CN2Cc3nccn3C[C@H](CN(C)C)C2)cc1. The second-order valence-electron chi connectivity index (χ2n) is 6.64. The van der Waals surface area contributed by atoms with Crippen molar-refractivity contribution in [2.45, 2.75) is 19.6 Å². The minimum absolute atomic E-state index is 0.610. The Morgan fingerprint density at radius 2 is 2.00 bits per heavy atom. The Hall–Kier alpha value is -1.85. The minimum Gasteiger partial charge on any atom is -0.497 e. The van der Waals surface area contributed by atoms with Crippen LogP contribution in [0.4, 0.5) is 0 Å². The van der Waals surface area contributed by atoms with Crippen molar-refractivity contribution < 1.29 is 4.74 Å². The molecule has 2 heterocycles. The third-order valence-electron chi connectivity index (χ3n) is 4.33. The summed E-state index contributed by atoms with van der Waals surface area (Å²) in [5.74, 6) is 2.68. The number of ether oxygens (including phenoxy) is 1. The monoisotopic (exact) mass is 314 g/mol. The molecule has 0 radical (unpaired) electrons. The molecule has 3 rings (SSSR count). The van der Waals surface area contributed by atoms with E-state index in [0.29, 0.717) is 5.92 Å². The Kier molecular flexibility index (Phi) is 4.98. The van der Waals surface area contributed by atoms with E-state index in [1.54, 1.807) is 7.11 Å². The smallest absolute Gasteiger partial charge is 0.122 e. The molecular formula is C18H26N4O. The van der Waals surface area contributed by atoms with Crippen LogP contribution in [0.15, 0.2) is 36.7 Å². The zero-order valence-corrected chi connectivity index (χ0v) is 14.3. The Morgan fingerprint density at radius 1 is 1.22 bits per heavy atom. The molecule has 124 valence electrons. The minimum atomic E-state index is 0.610. The van der Waals surface area contributed by atoms with Gasteiger partial charge in [-0.15, -0.1) is 0 Å². The molecule has 2 aromatic rings. The highest BCUT2D eigenvalue weighted by molar-refractivity contribution is 5.27. The summed E-state index contributed by atoms with van der Waals surface area (Å²) in [7, 11) is 6.00. The molecule has 0 N–H and O–H groups in total. The van der Waals surface area contributed by atoms with Crippen LogP contribution < -0.4 is 4.74 Å². The maximum atomic E-state index is 5.24. The van der Waals surface area contributed by atoms with Gasteiger partial charge >= 0.3 is 0 Å². The summed E-state index contributed by atoms with van der Waals surface area (Å²) in [5.41, 5.74) is 1.31. The molecular weight excluding hydrogens is 288 g/mol. The van der Waals surface area contributed by atoms with Crippen molar-refractivity contribution in [2.24, 2.45) is 5.92 Å². The second-order valence-corrected chi connectivity index (χ2v) is 6.64. The number of rotatable bonds is 5. The molecule has 1 aromatic carbocycles. The van der Waals surface area contributed by atoms with Gasteiger partial charge in [0.15, 0.2) is 0 Å². The molecule has 0 aliphatic carbocycles. The quantitative estimate of drug-likeness (QED) is 0.846. The van der Waals surface area contributed by atoms with Crippen LogP contribution in [0.1, 0.15) is 11.4 Å². The summed E-state index contributed by atoms with van der Waals surface area (Å²) in [6.45, 7) is 5.08. The predicted molar refractivity (Wildman–Crippen MR) is 91.4 cm³/mol. The van der Waals surface area contributed by atoms with Crippen molar-refractivity contribution in [2.75, 3.05) is 34.3 Å². The highest BCUT2D eigenvalue weighted by Crippen LogP contribution is 2.19. The van der Waals surface area contributed by atoms with Gasteiger partial charge in [-0.25, -0.2) is 4.98 Å². The molecule has 0 saturated carbocycles. The number of hydrogen-bond acceptors (Lipinski definition) is 4. The van der Waals surface area contributed by atoms with Gasteiger partial charge in [0.1, 0.15) is 11.6 Å². The van der Waals surface area contributed by atoms with Gasteiger partial charge in [-0.2, -0.15) is 0 Å². The van der Waals surface area contributed by atoms with Crippen LogP contribution >= 0.6 is 0 Å². The molecule has 5 nitrogen and oxygen atoms in total. The van der Waals surface area contributed by atoms with E-state index >= 15 is 0 Å². The number of aromatic nitrogens is 2. The zero-order chi connectivity index (χ0) is 16.2. The lowest BCUT2D eigenvalue weighted by molar-refractivity contribution is 0.194. The first kappa shape index (κ1) is 16.0. The van der Waals surface area contributed by atoms with Gasteiger partial charge in [0.2, 0.25) is 0 Å². The van der Waals surface area contributed by atoms with Crippen LogP contribution in [-0.2, 0) is 19.6 Å². The molecule has 5 heteroatoms. The van der Waals surface area contributed by atoms with Crippen molar-refractivity contribution in [3.63, 3.8) is 0 Å². The van der Waals surface area contributed by atoms with E-state index in [4.69, 9.17) is 4.74 Å². The summed E-state index contributed by atoms with van der Waals surface area (Å²) in [4.78, 5) is 9.32. The number of fused-ring (bicyclic) bond motifs is 1. The molecule has 0 amide bonds. The average molecular weight is 314 g/mol. The number of benzene rings is 1. The highest BCUT2D eigenvalue weighted by Gasteiger charge is 2.22. The van der Waals surface area contributed by atoms with Crippen molar-refractivity contribution in [3.8, 4) is 5.75 Å². The summed E-state index contributed by atoms with van der Waals surface area (Å²) in [6.07, 6.45) is 4.02. The summed E-state index contributed by atoms with van der Waals surface area (Å²) in [5, 5.41) is 0. The van der Waals surface area contributed by atoms with Crippen LogP contribution in [-0.4, -0.2) is 53.6 Å². The maximum Gasteiger partial charge on any atom is 0.122 e. The van der Waals surface area contributed by atoms with Gasteiger partial charge in [-0.3, -0.25) is 4.90 Å². The van der Waals surface area contributed by atoms with E-state index in [1.807, 2.05) is 18.3 Å². The van der Waals surface area contributed by atoms with E-state index < -0.39 is 0 Å². The maximum absolute atomic E-state index is 5.24. The normalized spacial score (nSPS) is 18.7. The van der Waals surface area contributed by atoms with E-state index in [9.17, 15) is 0 Å². The van der Waals surface area contributed by atoms with Gasteiger partial charge < -0.3 is 14.2 Å². The molecule has 0 bridgehead atoms. The summed E-state index contributed by atoms with van der Waals surface area (Å²) in [6, 6.07) is 8.37.